The molecule has 1 N–H and O–H groups in total. The van der Waals surface area contributed by atoms with Crippen molar-refractivity contribution in [3.05, 3.63) is 35.9 Å². The van der Waals surface area contributed by atoms with Crippen LogP contribution < -0.4 is 5.32 Å². The SMILES string of the molecule is CNC(=O)C1CC(=O)N(C2CN(C(=O)C3(c4ccccc4)CCC3)C2)C1. The third-order valence-electron chi connectivity index (χ3n) is 6.31. The van der Waals surface area contributed by atoms with Crippen LogP contribution in [-0.4, -0.2) is 60.2 Å². The first kappa shape index (κ1) is 17.1. The lowest BCUT2D eigenvalue weighted by molar-refractivity contribution is -0.151. The zero-order chi connectivity index (χ0) is 18.3. The van der Waals surface area contributed by atoms with Crippen LogP contribution in [0.25, 0.3) is 0 Å². The average Bonchev–Trinajstić information content (AvgIpc) is 2.94. The number of nitrogens with zero attached hydrogens (tertiary/aromatic N) is 2. The smallest absolute Gasteiger partial charge is 0.233 e. The fourth-order valence-corrected chi connectivity index (χ4v) is 4.50. The van der Waals surface area contributed by atoms with Crippen LogP contribution >= 0.6 is 0 Å². The number of carbonyl (C=O) groups is 3. The molecule has 2 saturated heterocycles. The van der Waals surface area contributed by atoms with Crippen LogP contribution in [0.2, 0.25) is 0 Å². The van der Waals surface area contributed by atoms with Gasteiger partial charge in [-0.25, -0.2) is 0 Å². The molecule has 1 atom stereocenters. The van der Waals surface area contributed by atoms with Crippen LogP contribution in [-0.2, 0) is 19.8 Å². The van der Waals surface area contributed by atoms with Gasteiger partial charge >= 0.3 is 0 Å². The summed E-state index contributed by atoms with van der Waals surface area (Å²) in [5.41, 5.74) is 0.739. The molecule has 3 aliphatic rings. The Labute approximate surface area is 153 Å². The largest absolute Gasteiger partial charge is 0.359 e. The van der Waals surface area contributed by atoms with Gasteiger partial charge in [-0.3, -0.25) is 14.4 Å². The number of likely N-dealkylation sites (tertiary alicyclic amines) is 2. The number of benzene rings is 1. The second-order valence-corrected chi connectivity index (χ2v) is 7.73. The molecular weight excluding hydrogens is 330 g/mol. The van der Waals surface area contributed by atoms with E-state index in [1.54, 1.807) is 11.9 Å². The highest BCUT2D eigenvalue weighted by molar-refractivity contribution is 5.91. The zero-order valence-electron chi connectivity index (χ0n) is 15.1. The Kier molecular flexibility index (Phi) is 4.21. The molecule has 2 aliphatic heterocycles. The first-order valence-corrected chi connectivity index (χ1v) is 9.41. The lowest BCUT2D eigenvalue weighted by Crippen LogP contribution is -2.65. The predicted molar refractivity (Wildman–Crippen MR) is 96.2 cm³/mol. The minimum absolute atomic E-state index is 0.0251. The van der Waals surface area contributed by atoms with Crippen LogP contribution in [0.1, 0.15) is 31.2 Å². The Morgan fingerprint density at radius 2 is 1.81 bits per heavy atom. The summed E-state index contributed by atoms with van der Waals surface area (Å²) in [6.45, 7) is 1.63. The second kappa shape index (κ2) is 6.41. The molecule has 4 rings (SSSR count). The van der Waals surface area contributed by atoms with E-state index < -0.39 is 0 Å². The van der Waals surface area contributed by atoms with Crippen molar-refractivity contribution in [2.45, 2.75) is 37.1 Å². The molecule has 0 bridgehead atoms. The minimum atomic E-state index is -0.369. The Morgan fingerprint density at radius 1 is 1.12 bits per heavy atom. The molecule has 0 aromatic heterocycles. The van der Waals surface area contributed by atoms with Gasteiger partial charge in [-0.05, 0) is 18.4 Å². The van der Waals surface area contributed by atoms with Crippen molar-refractivity contribution >= 4 is 17.7 Å². The van der Waals surface area contributed by atoms with Crippen LogP contribution in [0.15, 0.2) is 30.3 Å². The van der Waals surface area contributed by atoms with Crippen molar-refractivity contribution in [1.82, 2.24) is 15.1 Å². The molecule has 1 unspecified atom stereocenters. The minimum Gasteiger partial charge on any atom is -0.359 e. The first-order valence-electron chi connectivity index (χ1n) is 9.41. The third-order valence-corrected chi connectivity index (χ3v) is 6.31. The summed E-state index contributed by atoms with van der Waals surface area (Å²) in [4.78, 5) is 40.9. The second-order valence-electron chi connectivity index (χ2n) is 7.73. The third kappa shape index (κ3) is 2.59. The van der Waals surface area contributed by atoms with Gasteiger partial charge in [0.25, 0.3) is 0 Å². The van der Waals surface area contributed by atoms with Crippen LogP contribution in [0, 0.1) is 5.92 Å². The molecule has 0 spiro atoms. The van der Waals surface area contributed by atoms with E-state index in [2.05, 4.69) is 5.32 Å². The molecule has 6 heteroatoms. The summed E-state index contributed by atoms with van der Waals surface area (Å²) in [5.74, 6) is -0.122. The highest BCUT2D eigenvalue weighted by Crippen LogP contribution is 2.46. The van der Waals surface area contributed by atoms with Gasteiger partial charge in [-0.2, -0.15) is 0 Å². The van der Waals surface area contributed by atoms with Crippen molar-refractivity contribution in [3.63, 3.8) is 0 Å². The maximum Gasteiger partial charge on any atom is 0.233 e. The summed E-state index contributed by atoms with van der Waals surface area (Å²) in [7, 11) is 1.60. The van der Waals surface area contributed by atoms with E-state index in [0.717, 1.165) is 24.8 Å². The lowest BCUT2D eigenvalue weighted by atomic mass is 9.63. The van der Waals surface area contributed by atoms with Crippen molar-refractivity contribution in [1.29, 1.82) is 0 Å². The van der Waals surface area contributed by atoms with E-state index in [9.17, 15) is 14.4 Å². The Morgan fingerprint density at radius 3 is 2.38 bits per heavy atom. The molecule has 1 aromatic carbocycles. The van der Waals surface area contributed by atoms with Gasteiger partial charge in [0.2, 0.25) is 17.7 Å². The maximum absolute atomic E-state index is 13.1. The highest BCUT2D eigenvalue weighted by atomic mass is 16.2. The van der Waals surface area contributed by atoms with Gasteiger partial charge in [0.15, 0.2) is 0 Å². The number of amides is 3. The summed E-state index contributed by atoms with van der Waals surface area (Å²) in [6.07, 6.45) is 3.16. The number of rotatable bonds is 4. The fourth-order valence-electron chi connectivity index (χ4n) is 4.50. The van der Waals surface area contributed by atoms with Crippen molar-refractivity contribution < 1.29 is 14.4 Å². The molecule has 1 saturated carbocycles. The topological polar surface area (TPSA) is 69.7 Å². The molecule has 6 nitrogen and oxygen atoms in total. The Hall–Kier alpha value is -2.37. The molecule has 1 aromatic rings. The van der Waals surface area contributed by atoms with E-state index in [-0.39, 0.29) is 41.5 Å². The molecular formula is C20H25N3O3. The van der Waals surface area contributed by atoms with E-state index in [4.69, 9.17) is 0 Å². The van der Waals surface area contributed by atoms with E-state index in [1.807, 2.05) is 35.2 Å². The van der Waals surface area contributed by atoms with Crippen molar-refractivity contribution in [3.8, 4) is 0 Å². The highest BCUT2D eigenvalue weighted by Gasteiger charge is 2.51. The number of carbonyl (C=O) groups excluding carboxylic acids is 3. The normalized spacial score (nSPS) is 24.8. The van der Waals surface area contributed by atoms with Crippen molar-refractivity contribution in [2.75, 3.05) is 26.7 Å². The molecule has 3 fully saturated rings. The molecule has 1 aliphatic carbocycles. The average molecular weight is 355 g/mol. The Balaban J connectivity index is 1.40. The van der Waals surface area contributed by atoms with Crippen molar-refractivity contribution in [2.24, 2.45) is 5.92 Å². The zero-order valence-corrected chi connectivity index (χ0v) is 15.1. The quantitative estimate of drug-likeness (QED) is 0.873. The van der Waals surface area contributed by atoms with Gasteiger partial charge in [0, 0.05) is 33.1 Å². The van der Waals surface area contributed by atoms with E-state index in [1.165, 1.54) is 0 Å². The summed E-state index contributed by atoms with van der Waals surface area (Å²) in [6, 6.07) is 10.1. The summed E-state index contributed by atoms with van der Waals surface area (Å²) in [5, 5.41) is 2.62. The molecule has 138 valence electrons. The van der Waals surface area contributed by atoms with Gasteiger partial charge in [0.05, 0.1) is 17.4 Å². The number of nitrogens with one attached hydrogen (secondary N) is 1. The van der Waals surface area contributed by atoms with Gasteiger partial charge < -0.3 is 15.1 Å². The van der Waals surface area contributed by atoms with E-state index in [0.29, 0.717) is 19.6 Å². The standard InChI is InChI=1S/C20H25N3O3/c1-21-18(25)14-10-17(24)23(11-14)16-12-22(13-16)19(26)20(8-5-9-20)15-6-3-2-4-7-15/h2-4,6-7,14,16H,5,8-13H2,1H3,(H,21,25). The predicted octanol–water partition coefficient (Wildman–Crippen LogP) is 0.914. The van der Waals surface area contributed by atoms with Gasteiger partial charge in [-0.1, -0.05) is 36.8 Å². The van der Waals surface area contributed by atoms with Gasteiger partial charge in [0.1, 0.15) is 0 Å². The monoisotopic (exact) mass is 355 g/mol. The molecule has 2 heterocycles. The van der Waals surface area contributed by atoms with Crippen LogP contribution in [0.5, 0.6) is 0 Å². The summed E-state index contributed by atoms with van der Waals surface area (Å²) < 4.78 is 0. The molecule has 0 radical (unpaired) electrons. The number of hydrogen-bond donors (Lipinski definition) is 1. The number of hydrogen-bond acceptors (Lipinski definition) is 3. The van der Waals surface area contributed by atoms with E-state index >= 15 is 0 Å². The first-order chi connectivity index (χ1) is 12.5. The Bertz CT molecular complexity index is 723. The molecule has 3 amide bonds. The fraction of sp³-hybridized carbons (Fsp3) is 0.550. The van der Waals surface area contributed by atoms with Crippen LogP contribution in [0.3, 0.4) is 0 Å². The molecule has 26 heavy (non-hydrogen) atoms. The van der Waals surface area contributed by atoms with Crippen LogP contribution in [0.4, 0.5) is 0 Å². The maximum atomic E-state index is 13.1. The lowest BCUT2D eigenvalue weighted by Gasteiger charge is -2.50. The van der Waals surface area contributed by atoms with Gasteiger partial charge in [-0.15, -0.1) is 0 Å². The summed E-state index contributed by atoms with van der Waals surface area (Å²) >= 11 is 0.